The van der Waals surface area contributed by atoms with Crippen LogP contribution in [0.2, 0.25) is 5.02 Å². The summed E-state index contributed by atoms with van der Waals surface area (Å²) in [4.78, 5) is 42.7. The third kappa shape index (κ3) is 5.94. The van der Waals surface area contributed by atoms with E-state index in [0.717, 1.165) is 5.56 Å². The lowest BCUT2D eigenvalue weighted by Crippen LogP contribution is -2.21. The van der Waals surface area contributed by atoms with E-state index < -0.39 is 11.8 Å². The zero-order valence-corrected chi connectivity index (χ0v) is 16.7. The summed E-state index contributed by atoms with van der Waals surface area (Å²) in [5.41, 5.74) is 6.78. The number of nitrogens with one attached hydrogen (secondary N) is 2. The number of hydrogen-bond acceptors (Lipinski definition) is 5. The minimum absolute atomic E-state index is 0.123. The van der Waals surface area contributed by atoms with Gasteiger partial charge in [0.2, 0.25) is 5.91 Å². The Morgan fingerprint density at radius 3 is 2.69 bits per heavy atom. The van der Waals surface area contributed by atoms with E-state index in [4.69, 9.17) is 17.3 Å². The lowest BCUT2D eigenvalue weighted by Gasteiger charge is -2.09. The van der Waals surface area contributed by atoms with E-state index in [1.807, 2.05) is 18.2 Å². The maximum absolute atomic E-state index is 12.4. The number of amides is 2. The first kappa shape index (κ1) is 20.6. The minimum atomic E-state index is -0.644. The number of primary amides is 1. The zero-order chi connectivity index (χ0) is 20.8. The Hall–Kier alpha value is -3.10. The molecule has 148 valence electrons. The molecule has 1 heterocycles. The third-order valence-corrected chi connectivity index (χ3v) is 5.03. The number of para-hydroxylation sites is 1. The molecule has 3 rings (SSSR count). The van der Waals surface area contributed by atoms with Crippen molar-refractivity contribution in [2.45, 2.75) is 17.3 Å². The van der Waals surface area contributed by atoms with Crippen molar-refractivity contribution in [3.05, 3.63) is 86.8 Å². The fourth-order valence-electron chi connectivity index (χ4n) is 2.59. The molecule has 4 N–H and O–H groups in total. The van der Waals surface area contributed by atoms with Crippen LogP contribution < -0.4 is 16.6 Å². The highest BCUT2D eigenvalue weighted by atomic mass is 35.5. The van der Waals surface area contributed by atoms with Gasteiger partial charge in [0.05, 0.1) is 23.4 Å². The summed E-state index contributed by atoms with van der Waals surface area (Å²) in [6.07, 6.45) is -0.123. The third-order valence-electron chi connectivity index (χ3n) is 3.85. The lowest BCUT2D eigenvalue weighted by molar-refractivity contribution is -0.115. The van der Waals surface area contributed by atoms with E-state index in [2.05, 4.69) is 15.3 Å². The van der Waals surface area contributed by atoms with E-state index in [0.29, 0.717) is 27.3 Å². The second-order valence-electron chi connectivity index (χ2n) is 6.10. The average Bonchev–Trinajstić information content (AvgIpc) is 2.66. The highest BCUT2D eigenvalue weighted by Crippen LogP contribution is 2.21. The minimum Gasteiger partial charge on any atom is -0.366 e. The number of nitrogens with two attached hydrogens (primary N) is 1. The van der Waals surface area contributed by atoms with E-state index in [1.54, 1.807) is 24.3 Å². The number of carbonyl (C=O) groups excluding carboxylic acids is 2. The molecule has 0 bridgehead atoms. The Morgan fingerprint density at radius 2 is 1.93 bits per heavy atom. The van der Waals surface area contributed by atoms with Crippen LogP contribution in [0.1, 0.15) is 21.6 Å². The summed E-state index contributed by atoms with van der Waals surface area (Å²) in [6, 6.07) is 15.1. The van der Waals surface area contributed by atoms with Crippen molar-refractivity contribution in [3.8, 4) is 0 Å². The number of halogens is 1. The molecular weight excluding hydrogens is 412 g/mol. The molecule has 0 aliphatic carbocycles. The van der Waals surface area contributed by atoms with E-state index in [1.165, 1.54) is 23.9 Å². The van der Waals surface area contributed by atoms with E-state index in [-0.39, 0.29) is 17.5 Å². The predicted octanol–water partition coefficient (Wildman–Crippen LogP) is 3.00. The molecule has 0 unspecified atom stereocenters. The molecule has 2 amide bonds. The first-order chi connectivity index (χ1) is 13.9. The highest BCUT2D eigenvalue weighted by molar-refractivity contribution is 7.98. The van der Waals surface area contributed by atoms with Gasteiger partial charge < -0.3 is 16.0 Å². The number of rotatable bonds is 7. The molecule has 0 fully saturated rings. The van der Waals surface area contributed by atoms with Gasteiger partial charge in [-0.25, -0.2) is 4.98 Å². The van der Waals surface area contributed by atoms with Crippen molar-refractivity contribution < 1.29 is 9.59 Å². The van der Waals surface area contributed by atoms with Crippen LogP contribution >= 0.6 is 23.4 Å². The van der Waals surface area contributed by atoms with Gasteiger partial charge >= 0.3 is 0 Å². The van der Waals surface area contributed by atoms with Gasteiger partial charge in [0, 0.05) is 16.8 Å². The molecule has 0 atom stereocenters. The van der Waals surface area contributed by atoms with Gasteiger partial charge in [0.15, 0.2) is 5.16 Å². The molecule has 0 aliphatic rings. The molecule has 0 spiro atoms. The van der Waals surface area contributed by atoms with Gasteiger partial charge in [-0.15, -0.1) is 0 Å². The van der Waals surface area contributed by atoms with Crippen molar-refractivity contribution in [2.24, 2.45) is 5.73 Å². The Kier molecular flexibility index (Phi) is 6.69. The van der Waals surface area contributed by atoms with Crippen LogP contribution in [0.15, 0.2) is 64.5 Å². The van der Waals surface area contributed by atoms with Crippen LogP contribution in [0.4, 0.5) is 5.69 Å². The first-order valence-corrected chi connectivity index (χ1v) is 9.93. The van der Waals surface area contributed by atoms with Crippen LogP contribution in [0, 0.1) is 0 Å². The molecule has 0 radical (unpaired) electrons. The summed E-state index contributed by atoms with van der Waals surface area (Å²) < 4.78 is 0. The van der Waals surface area contributed by atoms with Crippen molar-refractivity contribution >= 4 is 40.9 Å². The second kappa shape index (κ2) is 9.40. The number of benzene rings is 2. The normalized spacial score (nSPS) is 10.5. The standard InChI is InChI=1S/C20H17ClN4O3S/c21-13-5-3-4-12(8-13)11-29-20-23-14(10-18(27)25-20)9-17(26)24-16-7-2-1-6-15(16)19(22)28/h1-8,10H,9,11H2,(H2,22,28)(H,24,26)(H,23,25,27). The van der Waals surface area contributed by atoms with Crippen LogP contribution in [-0.2, 0) is 17.0 Å². The lowest BCUT2D eigenvalue weighted by atomic mass is 10.1. The maximum atomic E-state index is 12.4. The maximum Gasteiger partial charge on any atom is 0.251 e. The Labute approximate surface area is 175 Å². The van der Waals surface area contributed by atoms with Gasteiger partial charge in [0.25, 0.3) is 11.5 Å². The topological polar surface area (TPSA) is 118 Å². The van der Waals surface area contributed by atoms with Crippen molar-refractivity contribution in [1.29, 1.82) is 0 Å². The summed E-state index contributed by atoms with van der Waals surface area (Å²) in [6.45, 7) is 0. The molecule has 29 heavy (non-hydrogen) atoms. The van der Waals surface area contributed by atoms with Crippen LogP contribution in [0.5, 0.6) is 0 Å². The number of aromatic nitrogens is 2. The van der Waals surface area contributed by atoms with Gasteiger partial charge in [-0.2, -0.15) is 0 Å². The molecule has 2 aromatic carbocycles. The van der Waals surface area contributed by atoms with Crippen molar-refractivity contribution in [1.82, 2.24) is 9.97 Å². The zero-order valence-electron chi connectivity index (χ0n) is 15.1. The number of nitrogens with zero attached hydrogens (tertiary/aromatic N) is 1. The monoisotopic (exact) mass is 428 g/mol. The van der Waals surface area contributed by atoms with Crippen LogP contribution in [-0.4, -0.2) is 21.8 Å². The van der Waals surface area contributed by atoms with Gasteiger partial charge in [-0.1, -0.05) is 47.6 Å². The van der Waals surface area contributed by atoms with Gasteiger partial charge in [0.1, 0.15) is 0 Å². The van der Waals surface area contributed by atoms with Crippen LogP contribution in [0.3, 0.4) is 0 Å². The van der Waals surface area contributed by atoms with Gasteiger partial charge in [-0.05, 0) is 29.8 Å². The summed E-state index contributed by atoms with van der Waals surface area (Å²) in [5.74, 6) is -0.497. The SMILES string of the molecule is NC(=O)c1ccccc1NC(=O)Cc1cc(=O)[nH]c(SCc2cccc(Cl)c2)n1. The molecule has 1 aromatic heterocycles. The van der Waals surface area contributed by atoms with E-state index >= 15 is 0 Å². The van der Waals surface area contributed by atoms with Gasteiger partial charge in [-0.3, -0.25) is 14.4 Å². The Bertz CT molecular complexity index is 1120. The molecule has 0 saturated carbocycles. The molecule has 9 heteroatoms. The quantitative estimate of drug-likeness (QED) is 0.395. The molecule has 3 aromatic rings. The summed E-state index contributed by atoms with van der Waals surface area (Å²) in [5, 5.41) is 3.66. The largest absolute Gasteiger partial charge is 0.366 e. The predicted molar refractivity (Wildman–Crippen MR) is 113 cm³/mol. The number of anilines is 1. The average molecular weight is 429 g/mol. The number of aromatic amines is 1. The van der Waals surface area contributed by atoms with Crippen molar-refractivity contribution in [2.75, 3.05) is 5.32 Å². The molecule has 0 aliphatic heterocycles. The molecule has 0 saturated heterocycles. The van der Waals surface area contributed by atoms with Crippen molar-refractivity contribution in [3.63, 3.8) is 0 Å². The van der Waals surface area contributed by atoms with E-state index in [9.17, 15) is 14.4 Å². The molecule has 7 nitrogen and oxygen atoms in total. The summed E-state index contributed by atoms with van der Waals surface area (Å²) >= 11 is 7.31. The number of H-pyrrole nitrogens is 1. The fraction of sp³-hybridized carbons (Fsp3) is 0.100. The number of hydrogen-bond donors (Lipinski definition) is 3. The second-order valence-corrected chi connectivity index (χ2v) is 7.50. The number of carbonyl (C=O) groups is 2. The smallest absolute Gasteiger partial charge is 0.251 e. The fourth-order valence-corrected chi connectivity index (χ4v) is 3.64. The highest BCUT2D eigenvalue weighted by Gasteiger charge is 2.12. The van der Waals surface area contributed by atoms with Crippen LogP contribution in [0.25, 0.3) is 0 Å². The Morgan fingerprint density at radius 1 is 1.14 bits per heavy atom. The number of thioether (sulfide) groups is 1. The first-order valence-electron chi connectivity index (χ1n) is 8.57. The summed E-state index contributed by atoms with van der Waals surface area (Å²) in [7, 11) is 0. The molecular formula is C20H17ClN4O3S. The Balaban J connectivity index is 1.69.